The molecular formula is C24H29N3O3. The summed E-state index contributed by atoms with van der Waals surface area (Å²) in [5, 5.41) is 12.2. The molecule has 0 saturated carbocycles. The highest BCUT2D eigenvalue weighted by molar-refractivity contribution is 5.86. The highest BCUT2D eigenvalue weighted by Crippen LogP contribution is 2.28. The largest absolute Gasteiger partial charge is 0.480 e. The first-order valence-electron chi connectivity index (χ1n) is 10.3. The summed E-state index contributed by atoms with van der Waals surface area (Å²) >= 11 is 0. The molecule has 3 rings (SSSR count). The number of aryl methyl sites for hydroxylation is 3. The van der Waals surface area contributed by atoms with Crippen LogP contribution in [0.3, 0.4) is 0 Å². The summed E-state index contributed by atoms with van der Waals surface area (Å²) in [6, 6.07) is 9.14. The Morgan fingerprint density at radius 3 is 2.50 bits per heavy atom. The van der Waals surface area contributed by atoms with Crippen molar-refractivity contribution in [1.29, 1.82) is 0 Å². The van der Waals surface area contributed by atoms with Gasteiger partial charge in [-0.3, -0.25) is 4.79 Å². The molecule has 2 atom stereocenters. The van der Waals surface area contributed by atoms with Crippen LogP contribution < -0.4 is 5.32 Å². The van der Waals surface area contributed by atoms with Crippen LogP contribution in [-0.2, 0) is 16.0 Å². The van der Waals surface area contributed by atoms with Gasteiger partial charge in [0.25, 0.3) is 0 Å². The van der Waals surface area contributed by atoms with E-state index >= 15 is 0 Å². The van der Waals surface area contributed by atoms with E-state index in [4.69, 9.17) is 4.98 Å². The Kier molecular flexibility index (Phi) is 6.25. The van der Waals surface area contributed by atoms with Gasteiger partial charge >= 0.3 is 5.97 Å². The number of fused-ring (bicyclic) bond motifs is 1. The lowest BCUT2D eigenvalue weighted by molar-refractivity contribution is -0.143. The molecule has 6 nitrogen and oxygen atoms in total. The van der Waals surface area contributed by atoms with Crippen LogP contribution in [0.25, 0.3) is 16.9 Å². The van der Waals surface area contributed by atoms with Crippen molar-refractivity contribution in [2.45, 2.75) is 53.5 Å². The minimum atomic E-state index is -1.01. The average Bonchev–Trinajstić information content (AvgIpc) is 3.07. The van der Waals surface area contributed by atoms with Crippen LogP contribution >= 0.6 is 0 Å². The van der Waals surface area contributed by atoms with E-state index < -0.39 is 12.0 Å². The minimum absolute atomic E-state index is 0.0487. The number of rotatable bonds is 7. The van der Waals surface area contributed by atoms with E-state index in [1.807, 2.05) is 49.6 Å². The van der Waals surface area contributed by atoms with Gasteiger partial charge in [-0.1, -0.05) is 38.5 Å². The van der Waals surface area contributed by atoms with Gasteiger partial charge < -0.3 is 14.8 Å². The molecule has 0 bridgehead atoms. The number of nitrogens with one attached hydrogen (secondary N) is 1. The first-order chi connectivity index (χ1) is 14.2. The summed E-state index contributed by atoms with van der Waals surface area (Å²) in [6.45, 7) is 9.84. The molecule has 0 saturated heterocycles. The second-order valence-electron chi connectivity index (χ2n) is 8.04. The zero-order valence-corrected chi connectivity index (χ0v) is 18.2. The summed E-state index contributed by atoms with van der Waals surface area (Å²) in [4.78, 5) is 29.3. The van der Waals surface area contributed by atoms with Crippen molar-refractivity contribution >= 4 is 17.5 Å². The van der Waals surface area contributed by atoms with Crippen LogP contribution in [0.5, 0.6) is 0 Å². The quantitative estimate of drug-likeness (QED) is 0.618. The smallest absolute Gasteiger partial charge is 0.326 e. The number of hydrogen-bond donors (Lipinski definition) is 2. The van der Waals surface area contributed by atoms with Gasteiger partial charge in [-0.25, -0.2) is 9.78 Å². The predicted octanol–water partition coefficient (Wildman–Crippen LogP) is 4.08. The van der Waals surface area contributed by atoms with Crippen molar-refractivity contribution in [3.63, 3.8) is 0 Å². The third-order valence-corrected chi connectivity index (χ3v) is 5.85. The standard InChI is InChI=1S/C24H29N3O3/c1-6-14(2)21(24(29)30)25-20(28)13-19-22(18-10-9-15(3)17(5)12-18)26-23-16(4)8-7-11-27(19)23/h7-12,14,21H,6,13H2,1-5H3,(H,25,28)(H,29,30). The molecule has 6 heteroatoms. The van der Waals surface area contributed by atoms with Crippen LogP contribution in [0.2, 0.25) is 0 Å². The first kappa shape index (κ1) is 21.6. The lowest BCUT2D eigenvalue weighted by Gasteiger charge is -2.20. The van der Waals surface area contributed by atoms with E-state index in [9.17, 15) is 14.7 Å². The maximum atomic E-state index is 12.9. The summed E-state index contributed by atoms with van der Waals surface area (Å²) < 4.78 is 1.93. The highest BCUT2D eigenvalue weighted by Gasteiger charge is 2.26. The Balaban J connectivity index is 2.03. The molecule has 1 amide bonds. The molecule has 3 aromatic rings. The summed E-state index contributed by atoms with van der Waals surface area (Å²) in [5.41, 5.74) is 6.60. The van der Waals surface area contributed by atoms with Gasteiger partial charge in [0.1, 0.15) is 11.7 Å². The number of carbonyl (C=O) groups is 2. The maximum Gasteiger partial charge on any atom is 0.326 e. The Morgan fingerprint density at radius 2 is 1.87 bits per heavy atom. The Hall–Kier alpha value is -3.15. The van der Waals surface area contributed by atoms with Gasteiger partial charge in [-0.2, -0.15) is 0 Å². The van der Waals surface area contributed by atoms with Crippen LogP contribution in [0, 0.1) is 26.7 Å². The Bertz CT molecular complexity index is 1100. The lowest BCUT2D eigenvalue weighted by atomic mass is 9.99. The van der Waals surface area contributed by atoms with E-state index in [0.29, 0.717) is 6.42 Å². The second-order valence-corrected chi connectivity index (χ2v) is 8.04. The van der Waals surface area contributed by atoms with Gasteiger partial charge in [-0.15, -0.1) is 0 Å². The zero-order valence-electron chi connectivity index (χ0n) is 18.2. The average molecular weight is 408 g/mol. The third-order valence-electron chi connectivity index (χ3n) is 5.85. The number of imidazole rings is 1. The zero-order chi connectivity index (χ0) is 22.0. The molecule has 30 heavy (non-hydrogen) atoms. The fraction of sp³-hybridized carbons (Fsp3) is 0.375. The topological polar surface area (TPSA) is 83.7 Å². The van der Waals surface area contributed by atoms with Crippen molar-refractivity contribution in [3.8, 4) is 11.3 Å². The van der Waals surface area contributed by atoms with Gasteiger partial charge in [0.15, 0.2) is 0 Å². The van der Waals surface area contributed by atoms with E-state index in [2.05, 4.69) is 31.3 Å². The number of aromatic nitrogens is 2. The number of aliphatic carboxylic acids is 1. The Labute approximate surface area is 177 Å². The van der Waals surface area contributed by atoms with Crippen molar-refractivity contribution in [2.75, 3.05) is 0 Å². The summed E-state index contributed by atoms with van der Waals surface area (Å²) in [6.07, 6.45) is 2.61. The van der Waals surface area contributed by atoms with Gasteiger partial charge in [-0.05, 0) is 55.5 Å². The van der Waals surface area contributed by atoms with Crippen molar-refractivity contribution in [2.24, 2.45) is 5.92 Å². The van der Waals surface area contributed by atoms with E-state index in [1.54, 1.807) is 0 Å². The monoisotopic (exact) mass is 407 g/mol. The predicted molar refractivity (Wildman–Crippen MR) is 118 cm³/mol. The normalized spacial score (nSPS) is 13.2. The van der Waals surface area contributed by atoms with Crippen LogP contribution in [-0.4, -0.2) is 32.4 Å². The number of carboxylic acids is 1. The minimum Gasteiger partial charge on any atom is -0.480 e. The molecule has 0 fully saturated rings. The summed E-state index contributed by atoms with van der Waals surface area (Å²) in [7, 11) is 0. The molecule has 2 heterocycles. The van der Waals surface area contributed by atoms with Gasteiger partial charge in [0, 0.05) is 11.8 Å². The van der Waals surface area contributed by atoms with Crippen LogP contribution in [0.1, 0.15) is 42.7 Å². The van der Waals surface area contributed by atoms with Gasteiger partial charge in [0.2, 0.25) is 5.91 Å². The molecule has 0 aliphatic heterocycles. The molecule has 0 spiro atoms. The molecule has 2 N–H and O–H groups in total. The maximum absolute atomic E-state index is 12.9. The molecule has 1 aromatic carbocycles. The first-order valence-corrected chi connectivity index (χ1v) is 10.3. The number of benzene rings is 1. The SMILES string of the molecule is CCC(C)C(NC(=O)Cc1c(-c2ccc(C)c(C)c2)nc2c(C)cccn12)C(=O)O. The van der Waals surface area contributed by atoms with Crippen molar-refractivity contribution in [1.82, 2.24) is 14.7 Å². The molecule has 2 aromatic heterocycles. The molecule has 158 valence electrons. The van der Waals surface area contributed by atoms with Crippen molar-refractivity contribution in [3.05, 3.63) is 58.9 Å². The molecule has 0 radical (unpaired) electrons. The molecule has 0 aliphatic rings. The number of pyridine rings is 1. The van der Waals surface area contributed by atoms with E-state index in [0.717, 1.165) is 33.7 Å². The van der Waals surface area contributed by atoms with Crippen LogP contribution in [0.4, 0.5) is 0 Å². The molecule has 2 unspecified atom stereocenters. The van der Waals surface area contributed by atoms with Crippen molar-refractivity contribution < 1.29 is 14.7 Å². The number of amides is 1. The number of carbonyl (C=O) groups excluding carboxylic acids is 1. The Morgan fingerprint density at radius 1 is 1.13 bits per heavy atom. The third kappa shape index (κ3) is 4.22. The number of carboxylic acid groups (broad SMARTS) is 1. The highest BCUT2D eigenvalue weighted by atomic mass is 16.4. The molecular weight excluding hydrogens is 378 g/mol. The summed E-state index contributed by atoms with van der Waals surface area (Å²) in [5.74, 6) is -1.49. The lowest BCUT2D eigenvalue weighted by Crippen LogP contribution is -2.45. The molecule has 0 aliphatic carbocycles. The van der Waals surface area contributed by atoms with E-state index in [-0.39, 0.29) is 18.2 Å². The number of hydrogen-bond acceptors (Lipinski definition) is 3. The van der Waals surface area contributed by atoms with Gasteiger partial charge in [0.05, 0.1) is 17.8 Å². The number of nitrogens with zero attached hydrogens (tertiary/aromatic N) is 2. The fourth-order valence-electron chi connectivity index (χ4n) is 3.60. The van der Waals surface area contributed by atoms with E-state index in [1.165, 1.54) is 5.56 Å². The van der Waals surface area contributed by atoms with Crippen LogP contribution in [0.15, 0.2) is 36.5 Å². The second kappa shape index (κ2) is 8.69. The fourth-order valence-corrected chi connectivity index (χ4v) is 3.60.